The fourth-order valence-electron chi connectivity index (χ4n) is 9.79. The summed E-state index contributed by atoms with van der Waals surface area (Å²) < 4.78 is 6.47. The average molecular weight is 739 g/mol. The average Bonchev–Trinajstić information content (AvgIpc) is 3.92. The second-order valence-corrected chi connectivity index (χ2v) is 16.9. The molecule has 0 spiro atoms. The van der Waals surface area contributed by atoms with E-state index in [4.69, 9.17) is 0 Å². The number of aryl methyl sites for hydroxylation is 1. The maximum atomic E-state index is 4.00. The number of nitrogens with zero attached hydrogens (tertiary/aromatic N) is 2. The molecule has 11 rings (SSSR count). The van der Waals surface area contributed by atoms with Gasteiger partial charge in [-0.2, -0.15) is 0 Å². The number of aromatic nitrogens is 2. The van der Waals surface area contributed by atoms with Crippen LogP contribution in [0.4, 0.5) is 0 Å². The molecule has 2 nitrogen and oxygen atoms in total. The van der Waals surface area contributed by atoms with Gasteiger partial charge in [-0.05, 0) is 120 Å². The number of thiophene rings is 1. The van der Waals surface area contributed by atoms with Crippen LogP contribution in [-0.4, -0.2) is 9.13 Å². The summed E-state index contributed by atoms with van der Waals surface area (Å²) in [6, 6.07) is 49.9. The van der Waals surface area contributed by atoms with Crippen molar-refractivity contribution in [1.82, 2.24) is 9.13 Å². The van der Waals surface area contributed by atoms with Gasteiger partial charge in [-0.15, -0.1) is 11.3 Å². The summed E-state index contributed by atoms with van der Waals surface area (Å²) in [4.78, 5) is 1.43. The number of para-hydroxylation sites is 2. The lowest BCUT2D eigenvalue weighted by molar-refractivity contribution is 0.428. The summed E-state index contributed by atoms with van der Waals surface area (Å²) in [6.45, 7) is 8.70. The molecule has 0 radical (unpaired) electrons. The van der Waals surface area contributed by atoms with E-state index in [1.807, 2.05) is 17.4 Å². The molecule has 2 aliphatic rings. The van der Waals surface area contributed by atoms with Gasteiger partial charge in [0.05, 0.1) is 11.1 Å². The summed E-state index contributed by atoms with van der Waals surface area (Å²) in [6.07, 6.45) is 14.5. The van der Waals surface area contributed by atoms with Crippen molar-refractivity contribution in [2.24, 2.45) is 0 Å². The first kappa shape index (κ1) is 33.2. The Bertz CT molecular complexity index is 3120. The molecule has 2 atom stereocenters. The maximum Gasteiger partial charge on any atom is 0.0807 e. The molecule has 3 heterocycles. The van der Waals surface area contributed by atoms with Crippen LogP contribution < -0.4 is 0 Å². The van der Waals surface area contributed by atoms with Gasteiger partial charge in [-0.3, -0.25) is 0 Å². The Morgan fingerprint density at radius 1 is 0.732 bits per heavy atom. The van der Waals surface area contributed by atoms with Crippen LogP contribution in [0.25, 0.3) is 77.8 Å². The first-order valence-electron chi connectivity index (χ1n) is 19.9. The van der Waals surface area contributed by atoms with Crippen LogP contribution in [-0.2, 0) is 18.4 Å². The van der Waals surface area contributed by atoms with E-state index in [1.165, 1.54) is 92.4 Å². The number of rotatable bonds is 6. The summed E-state index contributed by atoms with van der Waals surface area (Å²) in [5.74, 6) is 0.373. The normalized spacial score (nSPS) is 17.6. The van der Waals surface area contributed by atoms with Crippen LogP contribution in [0.3, 0.4) is 0 Å². The molecule has 0 aliphatic heterocycles. The van der Waals surface area contributed by atoms with Crippen molar-refractivity contribution < 1.29 is 0 Å². The molecule has 3 heteroatoms. The minimum absolute atomic E-state index is 0.258. The van der Waals surface area contributed by atoms with Crippen molar-refractivity contribution in [3.63, 3.8) is 0 Å². The number of hydrogen-bond acceptors (Lipinski definition) is 1. The lowest BCUT2D eigenvalue weighted by atomic mass is 9.86. The second-order valence-electron chi connectivity index (χ2n) is 15.8. The SMILES string of the molecule is C=Cc1cccc(-c2ccc3c(c2)c2ccccc2n3C2(C)CC=Cc3c2sc2ccc(-n4c5c(c6ccccc64)CC(c4cccc(CC)c4)C=C5)cc32)c1. The van der Waals surface area contributed by atoms with Crippen LogP contribution >= 0.6 is 11.3 Å². The molecule has 270 valence electrons. The standard InChI is InChI=1S/C53H42N2S/c1-4-34-13-10-15-36(29-34)38-22-25-48-44(31-38)41-17-6-8-20-47(41)54(48)40-24-27-51-46(33-40)43-19-12-28-53(3,52(43)56-51)55-49-21-9-7-18-42(49)45-32-39(23-26-50(45)55)37-16-11-14-35(5-2)30-37/h5-27,29-30,32-33,38H,2,4,28,31H2,1,3H3. The molecule has 9 aromatic rings. The highest BCUT2D eigenvalue weighted by Gasteiger charge is 2.37. The van der Waals surface area contributed by atoms with E-state index >= 15 is 0 Å². The monoisotopic (exact) mass is 738 g/mol. The van der Waals surface area contributed by atoms with E-state index in [0.717, 1.165) is 24.8 Å². The quantitative estimate of drug-likeness (QED) is 0.161. The van der Waals surface area contributed by atoms with Crippen LogP contribution in [0.2, 0.25) is 0 Å². The molecule has 0 N–H and O–H groups in total. The topological polar surface area (TPSA) is 9.86 Å². The van der Waals surface area contributed by atoms with Gasteiger partial charge in [-0.25, -0.2) is 0 Å². The predicted molar refractivity (Wildman–Crippen MR) is 241 cm³/mol. The third kappa shape index (κ3) is 4.93. The van der Waals surface area contributed by atoms with Crippen molar-refractivity contribution in [2.45, 2.75) is 44.6 Å². The van der Waals surface area contributed by atoms with Crippen LogP contribution in [0.1, 0.15) is 64.6 Å². The lowest BCUT2D eigenvalue weighted by Gasteiger charge is -2.34. The molecule has 56 heavy (non-hydrogen) atoms. The minimum atomic E-state index is -0.258. The molecule has 2 aliphatic carbocycles. The first-order chi connectivity index (χ1) is 27.5. The van der Waals surface area contributed by atoms with Crippen molar-refractivity contribution in [2.75, 3.05) is 0 Å². The summed E-state index contributed by atoms with van der Waals surface area (Å²) in [5.41, 5.74) is 15.3. The van der Waals surface area contributed by atoms with Crippen LogP contribution in [0.5, 0.6) is 0 Å². The van der Waals surface area contributed by atoms with E-state index < -0.39 is 0 Å². The number of fused-ring (bicyclic) bond motifs is 9. The Hall–Kier alpha value is -6.16. The second kappa shape index (κ2) is 12.7. The molecule has 0 saturated carbocycles. The molecule has 0 saturated heterocycles. The van der Waals surface area contributed by atoms with Gasteiger partial charge < -0.3 is 9.13 Å². The van der Waals surface area contributed by atoms with Crippen LogP contribution in [0.15, 0.2) is 152 Å². The molecule has 3 aromatic heterocycles. The molecule has 6 aromatic carbocycles. The Balaban J connectivity index is 1.05. The third-order valence-electron chi connectivity index (χ3n) is 12.6. The van der Waals surface area contributed by atoms with Crippen molar-refractivity contribution in [3.8, 4) is 16.8 Å². The highest BCUT2D eigenvalue weighted by Crippen LogP contribution is 2.50. The summed E-state index contributed by atoms with van der Waals surface area (Å²) in [7, 11) is 0. The number of allylic oxidation sites excluding steroid dienone is 2. The lowest BCUT2D eigenvalue weighted by Crippen LogP contribution is -2.31. The van der Waals surface area contributed by atoms with E-state index in [-0.39, 0.29) is 5.54 Å². The fraction of sp³-hybridized carbons (Fsp3) is 0.132. The summed E-state index contributed by atoms with van der Waals surface area (Å²) >= 11 is 1.96. The molecule has 0 fully saturated rings. The Kier molecular flexibility index (Phi) is 7.53. The number of hydrogen-bond donors (Lipinski definition) is 0. The third-order valence-corrected chi connectivity index (χ3v) is 14.0. The molecular weight excluding hydrogens is 697 g/mol. The van der Waals surface area contributed by atoms with Crippen molar-refractivity contribution >= 4 is 72.4 Å². The highest BCUT2D eigenvalue weighted by atomic mass is 32.1. The van der Waals surface area contributed by atoms with Gasteiger partial charge in [-0.1, -0.05) is 123 Å². The van der Waals surface area contributed by atoms with Crippen molar-refractivity contribution in [3.05, 3.63) is 191 Å². The predicted octanol–water partition coefficient (Wildman–Crippen LogP) is 14.4. The minimum Gasteiger partial charge on any atom is -0.329 e. The van der Waals surface area contributed by atoms with E-state index in [0.29, 0.717) is 5.92 Å². The first-order valence-corrected chi connectivity index (χ1v) is 20.7. The zero-order valence-electron chi connectivity index (χ0n) is 31.8. The fourth-order valence-corrected chi connectivity index (χ4v) is 11.1. The maximum absolute atomic E-state index is 4.00. The number of benzene rings is 6. The van der Waals surface area contributed by atoms with Crippen LogP contribution in [0, 0.1) is 0 Å². The Morgan fingerprint density at radius 2 is 1.54 bits per heavy atom. The van der Waals surface area contributed by atoms with E-state index in [9.17, 15) is 0 Å². The molecule has 2 unspecified atom stereocenters. The Morgan fingerprint density at radius 3 is 2.41 bits per heavy atom. The smallest absolute Gasteiger partial charge is 0.0807 e. The molecule has 0 bridgehead atoms. The van der Waals surface area contributed by atoms with Gasteiger partial charge >= 0.3 is 0 Å². The van der Waals surface area contributed by atoms with Gasteiger partial charge in [0, 0.05) is 59.5 Å². The molecule has 0 amide bonds. The Labute approximate surface area is 332 Å². The zero-order chi connectivity index (χ0) is 37.5. The van der Waals surface area contributed by atoms with Gasteiger partial charge in [0.15, 0.2) is 0 Å². The zero-order valence-corrected chi connectivity index (χ0v) is 32.6. The van der Waals surface area contributed by atoms with Gasteiger partial charge in [0.25, 0.3) is 0 Å². The van der Waals surface area contributed by atoms with Gasteiger partial charge in [0.2, 0.25) is 0 Å². The highest BCUT2D eigenvalue weighted by molar-refractivity contribution is 7.19. The molecular formula is C53H42N2S. The van der Waals surface area contributed by atoms with Gasteiger partial charge in [0.1, 0.15) is 0 Å². The largest absolute Gasteiger partial charge is 0.329 e. The van der Waals surface area contributed by atoms with E-state index in [2.05, 4.69) is 187 Å². The van der Waals surface area contributed by atoms with E-state index in [1.54, 1.807) is 0 Å². The van der Waals surface area contributed by atoms with Crippen molar-refractivity contribution in [1.29, 1.82) is 0 Å². The summed E-state index contributed by atoms with van der Waals surface area (Å²) in [5, 5.41) is 5.27.